The second-order valence-corrected chi connectivity index (χ2v) is 14.3. The molecule has 226 valence electrons. The minimum Gasteiger partial charge on any atom is -0.392 e. The van der Waals surface area contributed by atoms with Gasteiger partial charge < -0.3 is 29.9 Å². The number of fused-ring (bicyclic) bond motifs is 2. The van der Waals surface area contributed by atoms with E-state index >= 15 is 0 Å². The number of carbonyl (C=O) groups excluding carboxylic acids is 2. The lowest BCUT2D eigenvalue weighted by atomic mass is 10.1. The van der Waals surface area contributed by atoms with Crippen LogP contribution in [0.2, 0.25) is 5.02 Å². The zero-order chi connectivity index (χ0) is 29.6. The van der Waals surface area contributed by atoms with Gasteiger partial charge in [-0.25, -0.2) is 13.4 Å². The second kappa shape index (κ2) is 11.8. The number of sulfonamides is 1. The quantitative estimate of drug-likeness (QED) is 0.369. The van der Waals surface area contributed by atoms with Crippen LogP contribution in [0.1, 0.15) is 39.3 Å². The highest BCUT2D eigenvalue weighted by Crippen LogP contribution is 2.32. The summed E-state index contributed by atoms with van der Waals surface area (Å²) in [5, 5.41) is 14.7. The summed E-state index contributed by atoms with van der Waals surface area (Å²) >= 11 is 7.49. The molecule has 3 aromatic rings. The number of halogens is 1. The molecule has 1 aromatic carbocycles. The Hall–Kier alpha value is -2.59. The van der Waals surface area contributed by atoms with E-state index in [9.17, 15) is 23.1 Å². The number of piperazine rings is 1. The minimum atomic E-state index is -4.12. The summed E-state index contributed by atoms with van der Waals surface area (Å²) in [5.41, 5.74) is 1.67. The van der Waals surface area contributed by atoms with Crippen LogP contribution < -0.4 is 5.32 Å². The van der Waals surface area contributed by atoms with Crippen molar-refractivity contribution in [3.63, 3.8) is 0 Å². The second-order valence-electron chi connectivity index (χ2n) is 10.9. The lowest BCUT2D eigenvalue weighted by molar-refractivity contribution is -0.136. The number of hydrogen-bond donors (Lipinski definition) is 3. The first-order valence-electron chi connectivity index (χ1n) is 13.9. The van der Waals surface area contributed by atoms with Gasteiger partial charge in [0.05, 0.1) is 31.6 Å². The van der Waals surface area contributed by atoms with Gasteiger partial charge >= 0.3 is 0 Å². The largest absolute Gasteiger partial charge is 0.392 e. The molecule has 0 bridgehead atoms. The Bertz CT molecular complexity index is 1620. The molecule has 2 fully saturated rings. The van der Waals surface area contributed by atoms with Crippen LogP contribution >= 0.6 is 22.9 Å². The van der Waals surface area contributed by atoms with Crippen molar-refractivity contribution in [2.24, 2.45) is 0 Å². The predicted octanol–water partition coefficient (Wildman–Crippen LogP) is 1.57. The number of amides is 2. The van der Waals surface area contributed by atoms with Crippen LogP contribution in [-0.4, -0.2) is 107 Å². The van der Waals surface area contributed by atoms with Crippen molar-refractivity contribution in [1.82, 2.24) is 29.4 Å². The highest BCUT2D eigenvalue weighted by atomic mass is 35.5. The standard InChI is InChI=1S/C27H33ClN6O6S2/c1-16-10-22-23(13-29-16)41-25(30-22)27(37)34-5-4-33(14-18(34)12-24(36)32-6-8-40-9-7-32)42(38,39)26-20(15-35)19-11-17(28)2-3-21(19)31-26/h2-3,11,16,18,29,31,35H,4-10,12-15H2,1H3. The molecule has 0 spiro atoms. The first-order chi connectivity index (χ1) is 20.2. The number of aromatic nitrogens is 2. The van der Waals surface area contributed by atoms with Gasteiger partial charge in [-0.1, -0.05) is 11.6 Å². The molecule has 2 saturated heterocycles. The molecule has 0 aliphatic carbocycles. The molecule has 2 atom stereocenters. The molecular formula is C27H33ClN6O6S2. The van der Waals surface area contributed by atoms with Crippen LogP contribution in [0.3, 0.4) is 0 Å². The van der Waals surface area contributed by atoms with Crippen molar-refractivity contribution in [2.75, 3.05) is 45.9 Å². The molecule has 5 heterocycles. The first-order valence-corrected chi connectivity index (χ1v) is 16.6. The molecule has 2 aromatic heterocycles. The third kappa shape index (κ3) is 5.56. The van der Waals surface area contributed by atoms with Crippen LogP contribution in [-0.2, 0) is 39.1 Å². The number of nitrogens with one attached hydrogen (secondary N) is 2. The summed E-state index contributed by atoms with van der Waals surface area (Å²) in [6.45, 7) is 4.03. The zero-order valence-electron chi connectivity index (χ0n) is 23.1. The molecule has 0 radical (unpaired) electrons. The monoisotopic (exact) mass is 636 g/mol. The van der Waals surface area contributed by atoms with Gasteiger partial charge in [-0.15, -0.1) is 11.3 Å². The fourth-order valence-corrected chi connectivity index (χ4v) is 8.70. The van der Waals surface area contributed by atoms with E-state index in [-0.39, 0.29) is 54.5 Å². The lowest BCUT2D eigenvalue weighted by Crippen LogP contribution is -2.58. The van der Waals surface area contributed by atoms with E-state index in [4.69, 9.17) is 16.3 Å². The van der Waals surface area contributed by atoms with Gasteiger partial charge in [-0.3, -0.25) is 9.59 Å². The SMILES string of the molecule is CC1Cc2nc(C(=O)N3CCN(S(=O)(=O)c4[nH]c5ccc(Cl)cc5c4CO)CC3CC(=O)N3CCOCC3)sc2CN1. The first kappa shape index (κ1) is 29.5. The van der Waals surface area contributed by atoms with Gasteiger partial charge in [0.2, 0.25) is 5.91 Å². The number of nitrogens with zero attached hydrogens (tertiary/aromatic N) is 4. The van der Waals surface area contributed by atoms with Gasteiger partial charge in [0.1, 0.15) is 0 Å². The van der Waals surface area contributed by atoms with Gasteiger partial charge in [0.15, 0.2) is 10.0 Å². The number of rotatable bonds is 6. The smallest absolute Gasteiger partial charge is 0.283 e. The Morgan fingerprint density at radius 1 is 1.21 bits per heavy atom. The average molecular weight is 637 g/mol. The lowest BCUT2D eigenvalue weighted by Gasteiger charge is -2.41. The number of ether oxygens (including phenoxy) is 1. The predicted molar refractivity (Wildman–Crippen MR) is 157 cm³/mol. The summed E-state index contributed by atoms with van der Waals surface area (Å²) in [6.07, 6.45) is 0.698. The van der Waals surface area contributed by atoms with E-state index in [0.29, 0.717) is 53.8 Å². The molecule has 3 N–H and O–H groups in total. The van der Waals surface area contributed by atoms with E-state index in [1.54, 1.807) is 28.0 Å². The van der Waals surface area contributed by atoms with E-state index in [1.807, 2.05) is 0 Å². The number of benzene rings is 1. The minimum absolute atomic E-state index is 0.0288. The fraction of sp³-hybridized carbons (Fsp3) is 0.519. The van der Waals surface area contributed by atoms with Crippen molar-refractivity contribution < 1.29 is 27.9 Å². The summed E-state index contributed by atoms with van der Waals surface area (Å²) < 4.78 is 34.6. The van der Waals surface area contributed by atoms with Crippen LogP contribution in [0.15, 0.2) is 23.2 Å². The number of thiazole rings is 1. The highest BCUT2D eigenvalue weighted by Gasteiger charge is 2.41. The topological polar surface area (TPSA) is 148 Å². The molecule has 6 rings (SSSR count). The van der Waals surface area contributed by atoms with Crippen molar-refractivity contribution in [2.45, 2.75) is 50.0 Å². The van der Waals surface area contributed by atoms with Gasteiger partial charge in [0, 0.05) is 84.5 Å². The zero-order valence-corrected chi connectivity index (χ0v) is 25.5. The Morgan fingerprint density at radius 2 is 2.00 bits per heavy atom. The van der Waals surface area contributed by atoms with Crippen molar-refractivity contribution >= 4 is 55.7 Å². The maximum Gasteiger partial charge on any atom is 0.283 e. The average Bonchev–Trinajstić information content (AvgIpc) is 3.58. The summed E-state index contributed by atoms with van der Waals surface area (Å²) in [4.78, 5) is 39.1. The third-order valence-corrected chi connectivity index (χ3v) is 11.3. The maximum atomic E-state index is 14.0. The van der Waals surface area contributed by atoms with E-state index in [2.05, 4.69) is 22.2 Å². The van der Waals surface area contributed by atoms with Gasteiger partial charge in [0.25, 0.3) is 15.9 Å². The molecule has 15 heteroatoms. The number of H-pyrrole nitrogens is 1. The summed E-state index contributed by atoms with van der Waals surface area (Å²) in [7, 11) is -4.12. The Labute approximate surface area is 252 Å². The fourth-order valence-electron chi connectivity index (χ4n) is 5.86. The molecule has 42 heavy (non-hydrogen) atoms. The number of carbonyl (C=O) groups is 2. The molecule has 12 nitrogen and oxygen atoms in total. The van der Waals surface area contributed by atoms with E-state index in [1.165, 1.54) is 15.6 Å². The van der Waals surface area contributed by atoms with Crippen LogP contribution in [0.4, 0.5) is 0 Å². The summed E-state index contributed by atoms with van der Waals surface area (Å²) in [5.74, 6) is -0.455. The number of aliphatic hydroxyl groups excluding tert-OH is 1. The summed E-state index contributed by atoms with van der Waals surface area (Å²) in [6, 6.07) is 4.48. The number of morpholine rings is 1. The molecular weight excluding hydrogens is 604 g/mol. The highest BCUT2D eigenvalue weighted by molar-refractivity contribution is 7.89. The number of aromatic amines is 1. The number of hydrogen-bond acceptors (Lipinski definition) is 9. The molecule has 3 aliphatic rings. The third-order valence-electron chi connectivity index (χ3n) is 8.14. The van der Waals surface area contributed by atoms with E-state index in [0.717, 1.165) is 17.0 Å². The van der Waals surface area contributed by atoms with Crippen LogP contribution in [0.5, 0.6) is 0 Å². The molecule has 2 unspecified atom stereocenters. The molecule has 2 amide bonds. The van der Waals surface area contributed by atoms with Crippen molar-refractivity contribution in [1.29, 1.82) is 0 Å². The van der Waals surface area contributed by atoms with E-state index < -0.39 is 22.7 Å². The van der Waals surface area contributed by atoms with Gasteiger partial charge in [-0.2, -0.15) is 4.31 Å². The molecule has 0 saturated carbocycles. The van der Waals surface area contributed by atoms with Crippen molar-refractivity contribution in [3.8, 4) is 0 Å². The Morgan fingerprint density at radius 3 is 2.76 bits per heavy atom. The van der Waals surface area contributed by atoms with Crippen LogP contribution in [0, 0.1) is 0 Å². The normalized spacial score (nSPS) is 22.0. The number of aliphatic hydroxyl groups is 1. The van der Waals surface area contributed by atoms with Crippen LogP contribution in [0.25, 0.3) is 10.9 Å². The molecule has 3 aliphatic heterocycles. The Kier molecular flexibility index (Phi) is 8.30. The van der Waals surface area contributed by atoms with Gasteiger partial charge in [-0.05, 0) is 25.1 Å². The Balaban J connectivity index is 1.30. The maximum absolute atomic E-state index is 14.0. The van der Waals surface area contributed by atoms with Crippen molar-refractivity contribution in [3.05, 3.63) is 44.4 Å².